The molecule has 1 aliphatic carbocycles. The van der Waals surface area contributed by atoms with Crippen molar-refractivity contribution in [1.29, 1.82) is 0 Å². The molecule has 1 aromatic carbocycles. The molecular formula is C20H29N3O3. The summed E-state index contributed by atoms with van der Waals surface area (Å²) in [6, 6.07) is 10.8. The van der Waals surface area contributed by atoms with Crippen LogP contribution in [0.25, 0.3) is 0 Å². The Balaban J connectivity index is 1.47. The Hall–Kier alpha value is -2.08. The molecule has 142 valence electrons. The van der Waals surface area contributed by atoms with Crippen molar-refractivity contribution in [3.63, 3.8) is 0 Å². The standard InChI is InChI=1S/C20H29N3O3/c1-19(2,3)26-18(25)23-20(11-12-20)17(24)22-15-9-10-16(21-13-15)14-7-5-4-6-8-14/h4-8,15-16,21H,9-13H2,1-3H3,(H,22,24)(H,23,25). The number of carbonyl (C=O) groups excluding carboxylic acids is 2. The van der Waals surface area contributed by atoms with Crippen LogP contribution < -0.4 is 16.0 Å². The maximum atomic E-state index is 12.6. The number of alkyl carbamates (subject to hydrolysis) is 1. The van der Waals surface area contributed by atoms with E-state index in [0.717, 1.165) is 19.4 Å². The highest BCUT2D eigenvalue weighted by Crippen LogP contribution is 2.36. The first kappa shape index (κ1) is 18.7. The van der Waals surface area contributed by atoms with Gasteiger partial charge in [-0.15, -0.1) is 0 Å². The number of piperidine rings is 1. The summed E-state index contributed by atoms with van der Waals surface area (Å²) in [5, 5.41) is 9.35. The molecule has 0 spiro atoms. The molecule has 1 aliphatic heterocycles. The van der Waals surface area contributed by atoms with Gasteiger partial charge < -0.3 is 20.7 Å². The molecule has 1 heterocycles. The van der Waals surface area contributed by atoms with Crippen LogP contribution in [0.2, 0.25) is 0 Å². The van der Waals surface area contributed by atoms with Gasteiger partial charge in [0.05, 0.1) is 0 Å². The number of hydrogen-bond donors (Lipinski definition) is 3. The summed E-state index contributed by atoms with van der Waals surface area (Å²) in [4.78, 5) is 24.6. The van der Waals surface area contributed by atoms with Crippen LogP contribution in [0, 0.1) is 0 Å². The Morgan fingerprint density at radius 2 is 1.85 bits per heavy atom. The summed E-state index contributed by atoms with van der Waals surface area (Å²) < 4.78 is 5.27. The lowest BCUT2D eigenvalue weighted by Crippen LogP contribution is -2.55. The predicted octanol–water partition coefficient (Wildman–Crippen LogP) is 2.65. The smallest absolute Gasteiger partial charge is 0.408 e. The molecule has 2 fully saturated rings. The molecule has 1 saturated carbocycles. The van der Waals surface area contributed by atoms with Crippen LogP contribution in [0.1, 0.15) is 58.1 Å². The number of carbonyl (C=O) groups is 2. The number of benzene rings is 1. The van der Waals surface area contributed by atoms with Crippen molar-refractivity contribution >= 4 is 12.0 Å². The van der Waals surface area contributed by atoms with Crippen molar-refractivity contribution in [3.05, 3.63) is 35.9 Å². The van der Waals surface area contributed by atoms with E-state index >= 15 is 0 Å². The minimum atomic E-state index is -0.793. The van der Waals surface area contributed by atoms with Crippen molar-refractivity contribution in [2.75, 3.05) is 6.54 Å². The van der Waals surface area contributed by atoms with E-state index in [1.165, 1.54) is 5.56 Å². The number of nitrogens with one attached hydrogen (secondary N) is 3. The molecule has 1 saturated heterocycles. The first-order valence-electron chi connectivity index (χ1n) is 9.38. The first-order valence-corrected chi connectivity index (χ1v) is 9.38. The minimum Gasteiger partial charge on any atom is -0.444 e. The maximum Gasteiger partial charge on any atom is 0.408 e. The third kappa shape index (κ3) is 4.75. The van der Waals surface area contributed by atoms with Gasteiger partial charge in [-0.3, -0.25) is 4.79 Å². The van der Waals surface area contributed by atoms with Gasteiger partial charge in [0.1, 0.15) is 11.1 Å². The van der Waals surface area contributed by atoms with E-state index in [1.807, 2.05) is 39.0 Å². The van der Waals surface area contributed by atoms with Gasteiger partial charge >= 0.3 is 6.09 Å². The highest BCUT2D eigenvalue weighted by atomic mass is 16.6. The molecule has 0 aromatic heterocycles. The van der Waals surface area contributed by atoms with Crippen LogP contribution in [0.3, 0.4) is 0 Å². The lowest BCUT2D eigenvalue weighted by atomic mass is 9.95. The average molecular weight is 359 g/mol. The summed E-state index contributed by atoms with van der Waals surface area (Å²) in [6.07, 6.45) is 2.67. The SMILES string of the molecule is CC(C)(C)OC(=O)NC1(C(=O)NC2CCC(c3ccccc3)NC2)CC1. The predicted molar refractivity (Wildman–Crippen MR) is 99.7 cm³/mol. The maximum absolute atomic E-state index is 12.6. The van der Waals surface area contributed by atoms with E-state index in [4.69, 9.17) is 4.74 Å². The van der Waals surface area contributed by atoms with Crippen LogP contribution in [-0.2, 0) is 9.53 Å². The van der Waals surface area contributed by atoms with Gasteiger partial charge in [0, 0.05) is 18.6 Å². The zero-order chi connectivity index (χ0) is 18.8. The third-order valence-corrected chi connectivity index (χ3v) is 4.88. The normalized spacial score (nSPS) is 24.4. The quantitative estimate of drug-likeness (QED) is 0.772. The highest BCUT2D eigenvalue weighted by molar-refractivity contribution is 5.93. The van der Waals surface area contributed by atoms with E-state index in [1.54, 1.807) is 0 Å². The molecule has 2 atom stereocenters. The molecule has 3 N–H and O–H groups in total. The molecule has 0 bridgehead atoms. The van der Waals surface area contributed by atoms with Gasteiger partial charge in [-0.05, 0) is 52.0 Å². The van der Waals surface area contributed by atoms with Crippen molar-refractivity contribution in [2.45, 2.75) is 69.7 Å². The van der Waals surface area contributed by atoms with Gasteiger partial charge in [0.25, 0.3) is 0 Å². The molecule has 6 nitrogen and oxygen atoms in total. The van der Waals surface area contributed by atoms with E-state index < -0.39 is 17.2 Å². The Labute approximate surface area is 155 Å². The summed E-state index contributed by atoms with van der Waals surface area (Å²) in [6.45, 7) is 6.16. The van der Waals surface area contributed by atoms with Gasteiger partial charge in [0.15, 0.2) is 0 Å². The van der Waals surface area contributed by atoms with E-state index in [0.29, 0.717) is 18.9 Å². The van der Waals surface area contributed by atoms with E-state index in [2.05, 4.69) is 28.1 Å². The highest BCUT2D eigenvalue weighted by Gasteiger charge is 2.52. The first-order chi connectivity index (χ1) is 12.3. The van der Waals surface area contributed by atoms with Gasteiger partial charge in [0.2, 0.25) is 5.91 Å². The second-order valence-corrected chi connectivity index (χ2v) is 8.33. The molecule has 3 rings (SSSR count). The number of amides is 2. The zero-order valence-electron chi connectivity index (χ0n) is 15.8. The number of ether oxygens (including phenoxy) is 1. The summed E-state index contributed by atoms with van der Waals surface area (Å²) in [5.74, 6) is -0.103. The molecule has 2 aliphatic rings. The van der Waals surface area contributed by atoms with Gasteiger partial charge in [-0.1, -0.05) is 30.3 Å². The lowest BCUT2D eigenvalue weighted by Gasteiger charge is -2.32. The Morgan fingerprint density at radius 1 is 1.15 bits per heavy atom. The number of rotatable bonds is 4. The number of hydrogen-bond acceptors (Lipinski definition) is 4. The van der Waals surface area contributed by atoms with E-state index in [-0.39, 0.29) is 11.9 Å². The third-order valence-electron chi connectivity index (χ3n) is 4.88. The lowest BCUT2D eigenvalue weighted by molar-refractivity contribution is -0.125. The average Bonchev–Trinajstić information content (AvgIpc) is 3.35. The Morgan fingerprint density at radius 3 is 2.38 bits per heavy atom. The van der Waals surface area contributed by atoms with Crippen LogP contribution in [0.5, 0.6) is 0 Å². The fraction of sp³-hybridized carbons (Fsp3) is 0.600. The largest absolute Gasteiger partial charge is 0.444 e. The van der Waals surface area contributed by atoms with Crippen LogP contribution in [0.15, 0.2) is 30.3 Å². The van der Waals surface area contributed by atoms with Crippen molar-refractivity contribution in [1.82, 2.24) is 16.0 Å². The molecule has 1 aromatic rings. The summed E-state index contributed by atoms with van der Waals surface area (Å²) in [7, 11) is 0. The van der Waals surface area contributed by atoms with Crippen LogP contribution in [-0.4, -0.2) is 35.7 Å². The molecule has 26 heavy (non-hydrogen) atoms. The molecular weight excluding hydrogens is 330 g/mol. The molecule has 0 radical (unpaired) electrons. The van der Waals surface area contributed by atoms with Crippen LogP contribution >= 0.6 is 0 Å². The molecule has 2 unspecified atom stereocenters. The van der Waals surface area contributed by atoms with Gasteiger partial charge in [-0.2, -0.15) is 0 Å². The Kier molecular flexibility index (Phi) is 5.23. The van der Waals surface area contributed by atoms with Crippen molar-refractivity contribution < 1.29 is 14.3 Å². The van der Waals surface area contributed by atoms with E-state index in [9.17, 15) is 9.59 Å². The summed E-state index contributed by atoms with van der Waals surface area (Å²) in [5.41, 5.74) is -0.0860. The second kappa shape index (κ2) is 7.27. The zero-order valence-corrected chi connectivity index (χ0v) is 15.8. The molecule has 2 amide bonds. The minimum absolute atomic E-state index is 0.0837. The Bertz CT molecular complexity index is 642. The fourth-order valence-electron chi connectivity index (χ4n) is 3.31. The second-order valence-electron chi connectivity index (χ2n) is 8.33. The molecule has 6 heteroatoms. The van der Waals surface area contributed by atoms with Crippen molar-refractivity contribution in [2.24, 2.45) is 0 Å². The van der Waals surface area contributed by atoms with Crippen molar-refractivity contribution in [3.8, 4) is 0 Å². The fourth-order valence-corrected chi connectivity index (χ4v) is 3.31. The topological polar surface area (TPSA) is 79.5 Å². The summed E-state index contributed by atoms with van der Waals surface area (Å²) >= 11 is 0. The monoisotopic (exact) mass is 359 g/mol. The van der Waals surface area contributed by atoms with Gasteiger partial charge in [-0.25, -0.2) is 4.79 Å². The van der Waals surface area contributed by atoms with Crippen LogP contribution in [0.4, 0.5) is 4.79 Å².